The number of hydrogen-bond acceptors (Lipinski definition) is 3. The minimum absolute atomic E-state index is 0.100. The Balaban J connectivity index is 2.88. The molecule has 1 amide bonds. The monoisotopic (exact) mass is 260 g/mol. The molecule has 0 aromatic heterocycles. The zero-order valence-electron chi connectivity index (χ0n) is 11.7. The van der Waals surface area contributed by atoms with E-state index in [4.69, 9.17) is 4.74 Å². The first kappa shape index (κ1) is 15.0. The van der Waals surface area contributed by atoms with Crippen molar-refractivity contribution in [1.82, 2.24) is 5.32 Å². The van der Waals surface area contributed by atoms with Gasteiger partial charge in [-0.2, -0.15) is 5.26 Å². The highest BCUT2D eigenvalue weighted by Crippen LogP contribution is 2.29. The second kappa shape index (κ2) is 7.42. The van der Waals surface area contributed by atoms with Gasteiger partial charge in [0.05, 0.1) is 19.1 Å². The van der Waals surface area contributed by atoms with E-state index in [1.807, 2.05) is 32.0 Å². The molecule has 1 N–H and O–H groups in total. The van der Waals surface area contributed by atoms with Crippen LogP contribution in [-0.4, -0.2) is 19.6 Å². The van der Waals surface area contributed by atoms with Crippen molar-refractivity contribution in [2.24, 2.45) is 0 Å². The standard InChI is InChI=1S/C15H20N2O2/c1-4-7-17-15(18)9-12(10-16)13-8-11(2)5-6-14(13)19-3/h5-6,8,12H,4,7,9H2,1-3H3,(H,17,18). The third-order valence-electron chi connectivity index (χ3n) is 2.88. The van der Waals surface area contributed by atoms with Crippen LogP contribution in [0.3, 0.4) is 0 Å². The zero-order chi connectivity index (χ0) is 14.3. The largest absolute Gasteiger partial charge is 0.496 e. The molecule has 0 heterocycles. The first-order valence-electron chi connectivity index (χ1n) is 6.43. The van der Waals surface area contributed by atoms with Gasteiger partial charge in [-0.1, -0.05) is 24.6 Å². The van der Waals surface area contributed by atoms with Gasteiger partial charge < -0.3 is 10.1 Å². The summed E-state index contributed by atoms with van der Waals surface area (Å²) in [7, 11) is 1.57. The number of benzene rings is 1. The average Bonchev–Trinajstić information content (AvgIpc) is 2.42. The SMILES string of the molecule is CCCNC(=O)CC(C#N)c1cc(C)ccc1OC. The summed E-state index contributed by atoms with van der Waals surface area (Å²) in [6.07, 6.45) is 1.05. The van der Waals surface area contributed by atoms with E-state index >= 15 is 0 Å². The van der Waals surface area contributed by atoms with Crippen LogP contribution in [0.25, 0.3) is 0 Å². The topological polar surface area (TPSA) is 62.1 Å². The Kier molecular flexibility index (Phi) is 5.87. The number of nitrogens with one attached hydrogen (secondary N) is 1. The summed E-state index contributed by atoms with van der Waals surface area (Å²) in [5.41, 5.74) is 1.82. The molecule has 1 aromatic rings. The molecule has 0 saturated heterocycles. The van der Waals surface area contributed by atoms with Crippen LogP contribution >= 0.6 is 0 Å². The van der Waals surface area contributed by atoms with Gasteiger partial charge in [-0.3, -0.25) is 4.79 Å². The number of amides is 1. The van der Waals surface area contributed by atoms with Crippen LogP contribution in [0.4, 0.5) is 0 Å². The van der Waals surface area contributed by atoms with Crippen molar-refractivity contribution in [2.45, 2.75) is 32.6 Å². The van der Waals surface area contributed by atoms with Crippen LogP contribution in [0.15, 0.2) is 18.2 Å². The second-order valence-electron chi connectivity index (χ2n) is 4.48. The lowest BCUT2D eigenvalue weighted by atomic mass is 9.94. The van der Waals surface area contributed by atoms with Gasteiger partial charge in [-0.05, 0) is 19.4 Å². The highest BCUT2D eigenvalue weighted by molar-refractivity contribution is 5.77. The van der Waals surface area contributed by atoms with E-state index in [-0.39, 0.29) is 12.3 Å². The van der Waals surface area contributed by atoms with E-state index in [2.05, 4.69) is 11.4 Å². The first-order valence-corrected chi connectivity index (χ1v) is 6.43. The maximum Gasteiger partial charge on any atom is 0.221 e. The van der Waals surface area contributed by atoms with Crippen LogP contribution in [0.5, 0.6) is 5.75 Å². The van der Waals surface area contributed by atoms with Crippen molar-refractivity contribution in [3.05, 3.63) is 29.3 Å². The van der Waals surface area contributed by atoms with Crippen molar-refractivity contribution < 1.29 is 9.53 Å². The third-order valence-corrected chi connectivity index (χ3v) is 2.88. The number of carbonyl (C=O) groups is 1. The number of ether oxygens (including phenoxy) is 1. The molecule has 0 bridgehead atoms. The minimum atomic E-state index is -0.480. The van der Waals surface area contributed by atoms with Gasteiger partial charge in [0.15, 0.2) is 0 Å². The molecule has 4 nitrogen and oxygen atoms in total. The van der Waals surface area contributed by atoms with E-state index in [1.165, 1.54) is 0 Å². The maximum absolute atomic E-state index is 11.7. The van der Waals surface area contributed by atoms with Gasteiger partial charge in [0.25, 0.3) is 0 Å². The number of methoxy groups -OCH3 is 1. The zero-order valence-corrected chi connectivity index (χ0v) is 11.7. The number of rotatable bonds is 6. The van der Waals surface area contributed by atoms with Gasteiger partial charge >= 0.3 is 0 Å². The second-order valence-corrected chi connectivity index (χ2v) is 4.48. The van der Waals surface area contributed by atoms with Crippen molar-refractivity contribution in [2.75, 3.05) is 13.7 Å². The molecule has 0 aliphatic carbocycles. The normalized spacial score (nSPS) is 11.5. The Labute approximate surface area is 114 Å². The van der Waals surface area contributed by atoms with Gasteiger partial charge in [-0.15, -0.1) is 0 Å². The molecular formula is C15H20N2O2. The third kappa shape index (κ3) is 4.29. The average molecular weight is 260 g/mol. The van der Waals surface area contributed by atoms with Crippen LogP contribution in [0.2, 0.25) is 0 Å². The molecule has 1 atom stereocenters. The van der Waals surface area contributed by atoms with E-state index in [0.29, 0.717) is 12.3 Å². The van der Waals surface area contributed by atoms with Gasteiger partial charge in [0, 0.05) is 18.5 Å². The first-order chi connectivity index (χ1) is 9.12. The van der Waals surface area contributed by atoms with Gasteiger partial charge in [0.1, 0.15) is 5.75 Å². The predicted molar refractivity (Wildman–Crippen MR) is 74.0 cm³/mol. The molecule has 102 valence electrons. The van der Waals surface area contributed by atoms with Gasteiger partial charge in [0.2, 0.25) is 5.91 Å². The number of nitrogens with zero attached hydrogens (tertiary/aromatic N) is 1. The predicted octanol–water partition coefficient (Wildman–Crippen LogP) is 2.53. The smallest absolute Gasteiger partial charge is 0.221 e. The fraction of sp³-hybridized carbons (Fsp3) is 0.467. The van der Waals surface area contributed by atoms with E-state index in [0.717, 1.165) is 17.5 Å². The number of hydrogen-bond donors (Lipinski definition) is 1. The molecule has 0 fully saturated rings. The molecule has 1 rings (SSSR count). The molecule has 0 radical (unpaired) electrons. The molecule has 1 unspecified atom stereocenters. The Morgan fingerprint density at radius 1 is 1.53 bits per heavy atom. The van der Waals surface area contributed by atoms with E-state index in [9.17, 15) is 10.1 Å². The summed E-state index contributed by atoms with van der Waals surface area (Å²) < 4.78 is 5.26. The molecular weight excluding hydrogens is 240 g/mol. The van der Waals surface area contributed by atoms with Crippen LogP contribution < -0.4 is 10.1 Å². The lowest BCUT2D eigenvalue weighted by Gasteiger charge is -2.14. The molecule has 0 saturated carbocycles. The molecule has 0 aliphatic rings. The van der Waals surface area contributed by atoms with Crippen LogP contribution in [-0.2, 0) is 4.79 Å². The molecule has 0 spiro atoms. The summed E-state index contributed by atoms with van der Waals surface area (Å²) in [4.78, 5) is 11.7. The van der Waals surface area contributed by atoms with Crippen LogP contribution in [0.1, 0.15) is 36.8 Å². The Morgan fingerprint density at radius 3 is 2.84 bits per heavy atom. The Hall–Kier alpha value is -2.02. The van der Waals surface area contributed by atoms with Crippen LogP contribution in [0, 0.1) is 18.3 Å². The highest BCUT2D eigenvalue weighted by atomic mass is 16.5. The fourth-order valence-corrected chi connectivity index (χ4v) is 1.87. The Bertz CT molecular complexity index is 478. The van der Waals surface area contributed by atoms with E-state index < -0.39 is 5.92 Å². The van der Waals surface area contributed by atoms with E-state index in [1.54, 1.807) is 7.11 Å². The van der Waals surface area contributed by atoms with Crippen molar-refractivity contribution >= 4 is 5.91 Å². The summed E-state index contributed by atoms with van der Waals surface area (Å²) >= 11 is 0. The minimum Gasteiger partial charge on any atom is -0.496 e. The lowest BCUT2D eigenvalue weighted by Crippen LogP contribution is -2.25. The molecule has 0 aliphatic heterocycles. The quantitative estimate of drug-likeness (QED) is 0.855. The Morgan fingerprint density at radius 2 is 2.26 bits per heavy atom. The number of carbonyl (C=O) groups excluding carboxylic acids is 1. The summed E-state index contributed by atoms with van der Waals surface area (Å²) in [5, 5.41) is 12.1. The number of nitriles is 1. The fourth-order valence-electron chi connectivity index (χ4n) is 1.87. The summed E-state index contributed by atoms with van der Waals surface area (Å²) in [5.74, 6) is 0.0732. The number of aryl methyl sites for hydroxylation is 1. The van der Waals surface area contributed by atoms with Crippen molar-refractivity contribution in [1.29, 1.82) is 5.26 Å². The van der Waals surface area contributed by atoms with Crippen molar-refractivity contribution in [3.63, 3.8) is 0 Å². The molecule has 4 heteroatoms. The lowest BCUT2D eigenvalue weighted by molar-refractivity contribution is -0.121. The summed E-state index contributed by atoms with van der Waals surface area (Å²) in [6, 6.07) is 7.85. The highest BCUT2D eigenvalue weighted by Gasteiger charge is 2.19. The summed E-state index contributed by atoms with van der Waals surface area (Å²) in [6.45, 7) is 4.59. The molecule has 19 heavy (non-hydrogen) atoms. The maximum atomic E-state index is 11.7. The van der Waals surface area contributed by atoms with Crippen molar-refractivity contribution in [3.8, 4) is 11.8 Å². The van der Waals surface area contributed by atoms with Gasteiger partial charge in [-0.25, -0.2) is 0 Å². The molecule has 1 aromatic carbocycles.